The maximum Gasteiger partial charge on any atom is 0.336 e. The number of rotatable bonds is 5. The van der Waals surface area contributed by atoms with Crippen molar-refractivity contribution in [3.05, 3.63) is 34.2 Å². The molecule has 0 aliphatic rings. The van der Waals surface area contributed by atoms with Gasteiger partial charge in [0.1, 0.15) is 17.1 Å². The number of fused-ring (bicyclic) bond motifs is 1. The van der Waals surface area contributed by atoms with Crippen molar-refractivity contribution in [3.63, 3.8) is 0 Å². The summed E-state index contributed by atoms with van der Waals surface area (Å²) in [6.07, 6.45) is -0.553. The molecule has 0 saturated carbocycles. The molecule has 1 atom stereocenters. The van der Waals surface area contributed by atoms with Crippen molar-refractivity contribution in [2.24, 2.45) is 0 Å². The third-order valence-electron chi connectivity index (χ3n) is 3.55. The van der Waals surface area contributed by atoms with Gasteiger partial charge in [-0.2, -0.15) is 0 Å². The number of aliphatic hydroxyl groups excluding tert-OH is 1. The standard InChI is InChI=1S/C16H19ClO5/c1-16(2,17)13(18)7-10-11(20-3)8-12-9(15(10)21-4)5-6-14(19)22-12/h5-6,8,13,18H,7H2,1-4H3. The number of ether oxygens (including phenoxy) is 2. The maximum atomic E-state index is 11.4. The Labute approximate surface area is 133 Å². The zero-order valence-corrected chi connectivity index (χ0v) is 13.7. The van der Waals surface area contributed by atoms with Gasteiger partial charge in [0.25, 0.3) is 0 Å². The first-order chi connectivity index (χ1) is 10.3. The van der Waals surface area contributed by atoms with Crippen molar-refractivity contribution in [2.75, 3.05) is 14.2 Å². The molecule has 2 aromatic rings. The number of aliphatic hydroxyl groups is 1. The SMILES string of the molecule is COc1cc2oc(=O)ccc2c(OC)c1CC(O)C(C)(C)Cl. The minimum absolute atomic E-state index is 0.248. The van der Waals surface area contributed by atoms with Gasteiger partial charge in [0, 0.05) is 24.1 Å². The van der Waals surface area contributed by atoms with Crippen LogP contribution in [0.5, 0.6) is 11.5 Å². The average Bonchev–Trinajstić information content (AvgIpc) is 2.45. The smallest absolute Gasteiger partial charge is 0.336 e. The molecule has 1 aromatic carbocycles. The molecule has 0 spiro atoms. The highest BCUT2D eigenvalue weighted by atomic mass is 35.5. The molecule has 120 valence electrons. The summed E-state index contributed by atoms with van der Waals surface area (Å²) in [4.78, 5) is 10.6. The van der Waals surface area contributed by atoms with E-state index >= 15 is 0 Å². The van der Waals surface area contributed by atoms with Gasteiger partial charge in [0.2, 0.25) is 0 Å². The molecule has 0 radical (unpaired) electrons. The lowest BCUT2D eigenvalue weighted by atomic mass is 9.96. The van der Waals surface area contributed by atoms with E-state index in [0.29, 0.717) is 28.0 Å². The lowest BCUT2D eigenvalue weighted by Gasteiger charge is -2.25. The quantitative estimate of drug-likeness (QED) is 0.676. The summed E-state index contributed by atoms with van der Waals surface area (Å²) in [5, 5.41) is 10.9. The molecule has 0 aliphatic carbocycles. The zero-order valence-electron chi connectivity index (χ0n) is 13.0. The molecule has 0 amide bonds. The van der Waals surface area contributed by atoms with E-state index in [1.54, 1.807) is 26.0 Å². The molecule has 0 saturated heterocycles. The third-order valence-corrected chi connectivity index (χ3v) is 3.81. The number of hydrogen-bond acceptors (Lipinski definition) is 5. The predicted octanol–water partition coefficient (Wildman–Crippen LogP) is 2.73. The van der Waals surface area contributed by atoms with Crippen molar-refractivity contribution >= 4 is 22.6 Å². The summed E-state index contributed by atoms with van der Waals surface area (Å²) in [6, 6.07) is 4.56. The number of hydrogen-bond donors (Lipinski definition) is 1. The van der Waals surface area contributed by atoms with Crippen LogP contribution >= 0.6 is 11.6 Å². The molecular weight excluding hydrogens is 308 g/mol. The normalized spacial score (nSPS) is 13.2. The number of halogens is 1. The molecule has 0 bridgehead atoms. The summed E-state index contributed by atoms with van der Waals surface area (Å²) in [5.74, 6) is 0.969. The first-order valence-electron chi connectivity index (χ1n) is 6.82. The van der Waals surface area contributed by atoms with Gasteiger partial charge in [-0.05, 0) is 19.9 Å². The van der Waals surface area contributed by atoms with E-state index in [-0.39, 0.29) is 6.42 Å². The monoisotopic (exact) mass is 326 g/mol. The lowest BCUT2D eigenvalue weighted by Crippen LogP contribution is -2.32. The van der Waals surface area contributed by atoms with Crippen LogP contribution in [-0.4, -0.2) is 30.3 Å². The van der Waals surface area contributed by atoms with Crippen LogP contribution in [0.2, 0.25) is 0 Å². The van der Waals surface area contributed by atoms with E-state index in [1.165, 1.54) is 20.3 Å². The van der Waals surface area contributed by atoms with Crippen molar-refractivity contribution in [3.8, 4) is 11.5 Å². The van der Waals surface area contributed by atoms with Gasteiger partial charge in [0.15, 0.2) is 0 Å². The van der Waals surface area contributed by atoms with Crippen LogP contribution in [0.15, 0.2) is 27.4 Å². The van der Waals surface area contributed by atoms with E-state index in [9.17, 15) is 9.90 Å². The number of alkyl halides is 1. The number of methoxy groups -OCH3 is 2. The van der Waals surface area contributed by atoms with Gasteiger partial charge in [-0.1, -0.05) is 0 Å². The maximum absolute atomic E-state index is 11.4. The first-order valence-corrected chi connectivity index (χ1v) is 7.20. The van der Waals surface area contributed by atoms with E-state index in [4.69, 9.17) is 25.5 Å². The van der Waals surface area contributed by atoms with E-state index in [1.807, 2.05) is 0 Å². The van der Waals surface area contributed by atoms with Crippen LogP contribution in [0, 0.1) is 0 Å². The van der Waals surface area contributed by atoms with Gasteiger partial charge in [-0.25, -0.2) is 4.79 Å². The summed E-state index contributed by atoms with van der Waals surface area (Å²) in [6.45, 7) is 3.47. The minimum Gasteiger partial charge on any atom is -0.496 e. The molecule has 2 rings (SSSR count). The van der Waals surface area contributed by atoms with Crippen molar-refractivity contribution in [1.82, 2.24) is 0 Å². The molecular formula is C16H19ClO5. The molecule has 1 unspecified atom stereocenters. The summed E-state index contributed by atoms with van der Waals surface area (Å²) in [7, 11) is 3.02. The molecule has 0 aliphatic heterocycles. The Morgan fingerprint density at radius 2 is 2.00 bits per heavy atom. The highest BCUT2D eigenvalue weighted by Crippen LogP contribution is 2.38. The van der Waals surface area contributed by atoms with Gasteiger partial charge < -0.3 is 19.0 Å². The topological polar surface area (TPSA) is 68.9 Å². The largest absolute Gasteiger partial charge is 0.496 e. The van der Waals surface area contributed by atoms with Gasteiger partial charge in [0.05, 0.1) is 30.6 Å². The Kier molecular flexibility index (Phi) is 4.68. The molecule has 6 heteroatoms. The number of benzene rings is 1. The fraction of sp³-hybridized carbons (Fsp3) is 0.438. The van der Waals surface area contributed by atoms with Crippen LogP contribution in [0.1, 0.15) is 19.4 Å². The second-order valence-electron chi connectivity index (χ2n) is 5.54. The summed E-state index contributed by atoms with van der Waals surface area (Å²) >= 11 is 6.17. The predicted molar refractivity (Wildman–Crippen MR) is 85.2 cm³/mol. The molecule has 1 N–H and O–H groups in total. The Morgan fingerprint density at radius 1 is 1.32 bits per heavy atom. The summed E-state index contributed by atoms with van der Waals surface area (Å²) < 4.78 is 16.0. The fourth-order valence-electron chi connectivity index (χ4n) is 2.25. The van der Waals surface area contributed by atoms with Gasteiger partial charge >= 0.3 is 5.63 Å². The van der Waals surface area contributed by atoms with E-state index < -0.39 is 16.6 Å². The highest BCUT2D eigenvalue weighted by molar-refractivity contribution is 6.23. The highest BCUT2D eigenvalue weighted by Gasteiger charge is 2.28. The van der Waals surface area contributed by atoms with Crippen LogP contribution < -0.4 is 15.1 Å². The zero-order chi connectivity index (χ0) is 16.5. The minimum atomic E-state index is -0.801. The molecule has 1 aromatic heterocycles. The van der Waals surface area contributed by atoms with Crippen LogP contribution in [0.3, 0.4) is 0 Å². The van der Waals surface area contributed by atoms with E-state index in [0.717, 1.165) is 0 Å². The Morgan fingerprint density at radius 3 is 2.55 bits per heavy atom. The van der Waals surface area contributed by atoms with E-state index in [2.05, 4.69) is 0 Å². The first kappa shape index (κ1) is 16.6. The summed E-state index contributed by atoms with van der Waals surface area (Å²) in [5.41, 5.74) is 0.587. The van der Waals surface area contributed by atoms with Gasteiger partial charge in [-0.15, -0.1) is 11.6 Å². The van der Waals surface area contributed by atoms with Gasteiger partial charge in [-0.3, -0.25) is 0 Å². The van der Waals surface area contributed by atoms with Crippen molar-refractivity contribution in [1.29, 1.82) is 0 Å². The van der Waals surface area contributed by atoms with Crippen LogP contribution in [-0.2, 0) is 6.42 Å². The third kappa shape index (κ3) is 3.20. The molecule has 22 heavy (non-hydrogen) atoms. The Bertz CT molecular complexity index is 730. The fourth-order valence-corrected chi connectivity index (χ4v) is 2.33. The molecule has 1 heterocycles. The average molecular weight is 327 g/mol. The Hall–Kier alpha value is -1.72. The van der Waals surface area contributed by atoms with Crippen LogP contribution in [0.25, 0.3) is 11.0 Å². The lowest BCUT2D eigenvalue weighted by molar-refractivity contribution is 0.137. The second-order valence-corrected chi connectivity index (χ2v) is 6.52. The Balaban J connectivity index is 2.66. The van der Waals surface area contributed by atoms with Crippen molar-refractivity contribution in [2.45, 2.75) is 31.2 Å². The molecule has 5 nitrogen and oxygen atoms in total. The van der Waals surface area contributed by atoms with Crippen molar-refractivity contribution < 1.29 is 19.0 Å². The second kappa shape index (κ2) is 6.18. The molecule has 0 fully saturated rings. The van der Waals surface area contributed by atoms with Crippen LogP contribution in [0.4, 0.5) is 0 Å².